The van der Waals surface area contributed by atoms with Gasteiger partial charge in [-0.3, -0.25) is 9.59 Å². The maximum atomic E-state index is 13.2. The highest BCUT2D eigenvalue weighted by Crippen LogP contribution is 2.35. The molecule has 132 valence electrons. The number of para-hydroxylation sites is 1. The van der Waals surface area contributed by atoms with Crippen molar-refractivity contribution in [1.82, 2.24) is 19.5 Å². The number of nitriles is 1. The van der Waals surface area contributed by atoms with Gasteiger partial charge in [-0.2, -0.15) is 10.4 Å². The number of benzene rings is 1. The zero-order valence-corrected chi connectivity index (χ0v) is 14.5. The zero-order chi connectivity index (χ0) is 18.3. The fourth-order valence-electron chi connectivity index (χ4n) is 3.48. The van der Waals surface area contributed by atoms with E-state index in [1.54, 1.807) is 27.6 Å². The van der Waals surface area contributed by atoms with E-state index in [0.717, 1.165) is 12.8 Å². The molecule has 1 aromatic carbocycles. The lowest BCUT2D eigenvalue weighted by Crippen LogP contribution is -2.40. The number of H-pyrrole nitrogens is 1. The Morgan fingerprint density at radius 1 is 1.46 bits per heavy atom. The Morgan fingerprint density at radius 2 is 2.23 bits per heavy atom. The summed E-state index contributed by atoms with van der Waals surface area (Å²) in [5.74, 6) is 0.292. The van der Waals surface area contributed by atoms with Gasteiger partial charge in [0.25, 0.3) is 11.5 Å². The van der Waals surface area contributed by atoms with Gasteiger partial charge in [0.05, 0.1) is 29.6 Å². The van der Waals surface area contributed by atoms with Crippen molar-refractivity contribution in [2.75, 3.05) is 6.54 Å². The smallest absolute Gasteiger partial charge is 0.259 e. The molecular formula is C19H19N5O2. The molecule has 26 heavy (non-hydrogen) atoms. The van der Waals surface area contributed by atoms with Gasteiger partial charge in [-0.15, -0.1) is 0 Å². The Balaban J connectivity index is 1.81. The van der Waals surface area contributed by atoms with Gasteiger partial charge in [0.2, 0.25) is 0 Å². The van der Waals surface area contributed by atoms with E-state index in [-0.39, 0.29) is 23.9 Å². The summed E-state index contributed by atoms with van der Waals surface area (Å²) in [6.45, 7) is 2.40. The monoisotopic (exact) mass is 349 g/mol. The van der Waals surface area contributed by atoms with Crippen LogP contribution in [-0.4, -0.2) is 38.0 Å². The van der Waals surface area contributed by atoms with Gasteiger partial charge in [0.15, 0.2) is 0 Å². The summed E-state index contributed by atoms with van der Waals surface area (Å²) in [6.07, 6.45) is 3.99. The number of nitrogens with zero attached hydrogens (tertiary/aromatic N) is 4. The molecule has 7 heteroatoms. The molecule has 1 unspecified atom stereocenters. The molecule has 1 N–H and O–H groups in total. The Kier molecular flexibility index (Phi) is 3.96. The number of aromatic nitrogens is 3. The molecule has 0 bridgehead atoms. The summed E-state index contributed by atoms with van der Waals surface area (Å²) in [5.41, 5.74) is 1.16. The first-order chi connectivity index (χ1) is 12.6. The second-order valence-corrected chi connectivity index (χ2v) is 6.77. The van der Waals surface area contributed by atoms with Crippen LogP contribution >= 0.6 is 0 Å². The molecule has 0 radical (unpaired) electrons. The van der Waals surface area contributed by atoms with Crippen LogP contribution in [0.4, 0.5) is 0 Å². The van der Waals surface area contributed by atoms with E-state index in [2.05, 4.69) is 16.2 Å². The molecule has 0 saturated heterocycles. The summed E-state index contributed by atoms with van der Waals surface area (Å²) in [5, 5.41) is 13.8. The average molecular weight is 349 g/mol. The molecule has 2 aromatic heterocycles. The summed E-state index contributed by atoms with van der Waals surface area (Å²) in [7, 11) is 0. The van der Waals surface area contributed by atoms with Gasteiger partial charge in [-0.1, -0.05) is 12.1 Å². The predicted octanol–water partition coefficient (Wildman–Crippen LogP) is 2.33. The first-order valence-electron chi connectivity index (χ1n) is 8.78. The molecule has 1 amide bonds. The minimum atomic E-state index is -0.249. The number of hydrogen-bond donors (Lipinski definition) is 1. The lowest BCUT2D eigenvalue weighted by molar-refractivity contribution is 0.0678. The van der Waals surface area contributed by atoms with Crippen LogP contribution in [0.1, 0.15) is 36.5 Å². The summed E-state index contributed by atoms with van der Waals surface area (Å²) >= 11 is 0. The Morgan fingerprint density at radius 3 is 2.96 bits per heavy atom. The second kappa shape index (κ2) is 6.30. The molecule has 2 heterocycles. The maximum Gasteiger partial charge on any atom is 0.259 e. The molecule has 7 nitrogen and oxygen atoms in total. The minimum Gasteiger partial charge on any atom is -0.334 e. The van der Waals surface area contributed by atoms with Gasteiger partial charge in [-0.25, -0.2) is 4.52 Å². The number of rotatable bonds is 5. The van der Waals surface area contributed by atoms with Crippen LogP contribution in [0.2, 0.25) is 0 Å². The van der Waals surface area contributed by atoms with Crippen molar-refractivity contribution in [3.8, 4) is 6.07 Å². The standard InChI is InChI=1S/C19H19N5O2/c1-12(13-7-8-13)23(10-4-9-20)19(26)15-11-21-24-16-6-3-2-5-14(16)18(25)22-17(15)24/h2-3,5-6,11-13H,4,7-8,10H2,1H3,(H,22,25). The maximum absolute atomic E-state index is 13.2. The van der Waals surface area contributed by atoms with Crippen LogP contribution in [0, 0.1) is 17.2 Å². The first kappa shape index (κ1) is 16.3. The van der Waals surface area contributed by atoms with Gasteiger partial charge >= 0.3 is 0 Å². The lowest BCUT2D eigenvalue weighted by atomic mass is 10.1. The summed E-state index contributed by atoms with van der Waals surface area (Å²) < 4.78 is 1.59. The Labute approximate surface area is 149 Å². The Bertz CT molecular complexity index is 1090. The minimum absolute atomic E-state index is 0.0676. The molecule has 4 rings (SSSR count). The predicted molar refractivity (Wildman–Crippen MR) is 96.8 cm³/mol. The third-order valence-corrected chi connectivity index (χ3v) is 5.13. The molecular weight excluding hydrogens is 330 g/mol. The van der Waals surface area contributed by atoms with Crippen molar-refractivity contribution < 1.29 is 4.79 Å². The number of fused-ring (bicyclic) bond motifs is 3. The van der Waals surface area contributed by atoms with Gasteiger partial charge in [-0.05, 0) is 37.8 Å². The highest BCUT2D eigenvalue weighted by atomic mass is 16.2. The summed E-state index contributed by atoms with van der Waals surface area (Å²) in [6, 6.07) is 9.33. The number of carbonyl (C=O) groups excluding carboxylic acids is 1. The van der Waals surface area contributed by atoms with Crippen LogP contribution in [0.15, 0.2) is 35.3 Å². The van der Waals surface area contributed by atoms with E-state index in [1.165, 1.54) is 6.20 Å². The Hall–Kier alpha value is -3.14. The molecule has 0 aliphatic heterocycles. The van der Waals surface area contributed by atoms with Crippen molar-refractivity contribution in [1.29, 1.82) is 5.26 Å². The number of aromatic amines is 1. The fraction of sp³-hybridized carbons (Fsp3) is 0.368. The van der Waals surface area contributed by atoms with E-state index in [0.29, 0.717) is 34.6 Å². The first-order valence-corrected chi connectivity index (χ1v) is 8.78. The van der Waals surface area contributed by atoms with Gasteiger partial charge in [0.1, 0.15) is 11.2 Å². The number of nitrogens with one attached hydrogen (secondary N) is 1. The highest BCUT2D eigenvalue weighted by molar-refractivity contribution is 6.00. The lowest BCUT2D eigenvalue weighted by Gasteiger charge is -2.28. The normalized spacial score (nSPS) is 15.1. The van der Waals surface area contributed by atoms with Crippen LogP contribution in [0.25, 0.3) is 16.6 Å². The summed E-state index contributed by atoms with van der Waals surface area (Å²) in [4.78, 5) is 30.1. The molecule has 1 aliphatic rings. The number of hydrogen-bond acceptors (Lipinski definition) is 4. The average Bonchev–Trinajstić information content (AvgIpc) is 3.42. The van der Waals surface area contributed by atoms with Crippen LogP contribution in [0.3, 0.4) is 0 Å². The van der Waals surface area contributed by atoms with E-state index in [4.69, 9.17) is 5.26 Å². The largest absolute Gasteiger partial charge is 0.334 e. The second-order valence-electron chi connectivity index (χ2n) is 6.77. The molecule has 1 aliphatic carbocycles. The molecule has 3 aromatic rings. The topological polar surface area (TPSA) is 94.3 Å². The van der Waals surface area contributed by atoms with Crippen molar-refractivity contribution in [2.45, 2.75) is 32.2 Å². The SMILES string of the molecule is CC(C1CC1)N(CCC#N)C(=O)c1cnn2c1[nH]c(=O)c1ccccc12. The van der Waals surface area contributed by atoms with Gasteiger partial charge in [0, 0.05) is 12.6 Å². The quantitative estimate of drug-likeness (QED) is 0.765. The van der Waals surface area contributed by atoms with Gasteiger partial charge < -0.3 is 9.88 Å². The van der Waals surface area contributed by atoms with E-state index >= 15 is 0 Å². The molecule has 0 spiro atoms. The third-order valence-electron chi connectivity index (χ3n) is 5.13. The number of carbonyl (C=O) groups is 1. The van der Waals surface area contributed by atoms with Crippen molar-refractivity contribution in [2.24, 2.45) is 5.92 Å². The highest BCUT2D eigenvalue weighted by Gasteiger charge is 2.35. The van der Waals surface area contributed by atoms with E-state index in [1.807, 2.05) is 13.0 Å². The van der Waals surface area contributed by atoms with Crippen LogP contribution < -0.4 is 5.56 Å². The molecule has 1 atom stereocenters. The van der Waals surface area contributed by atoms with E-state index < -0.39 is 0 Å². The van der Waals surface area contributed by atoms with Crippen molar-refractivity contribution in [3.63, 3.8) is 0 Å². The number of amides is 1. The fourth-order valence-corrected chi connectivity index (χ4v) is 3.48. The van der Waals surface area contributed by atoms with E-state index in [9.17, 15) is 9.59 Å². The zero-order valence-electron chi connectivity index (χ0n) is 14.5. The van der Waals surface area contributed by atoms with Crippen molar-refractivity contribution in [3.05, 3.63) is 46.4 Å². The third kappa shape index (κ3) is 2.64. The molecule has 1 saturated carbocycles. The molecule has 1 fully saturated rings. The van der Waals surface area contributed by atoms with Crippen molar-refractivity contribution >= 4 is 22.5 Å². The van der Waals surface area contributed by atoms with Crippen LogP contribution in [-0.2, 0) is 0 Å². The van der Waals surface area contributed by atoms with Crippen LogP contribution in [0.5, 0.6) is 0 Å².